The summed E-state index contributed by atoms with van der Waals surface area (Å²) in [4.78, 5) is 22.7. The Morgan fingerprint density at radius 2 is 2.09 bits per heavy atom. The number of fused-ring (bicyclic) bond motifs is 1. The maximum Gasteiger partial charge on any atom is 0.405 e. The molecule has 22 heavy (non-hydrogen) atoms. The largest absolute Gasteiger partial charge is 0.405 e. The van der Waals surface area contributed by atoms with Gasteiger partial charge in [0, 0.05) is 12.1 Å². The molecule has 1 aromatic carbocycles. The molecule has 0 unspecified atom stereocenters. The second-order valence-electron chi connectivity index (χ2n) is 5.13. The van der Waals surface area contributed by atoms with E-state index in [0.29, 0.717) is 12.8 Å². The van der Waals surface area contributed by atoms with E-state index in [9.17, 15) is 22.8 Å². The molecule has 1 aliphatic rings. The first-order valence-electron chi connectivity index (χ1n) is 6.78. The third kappa shape index (κ3) is 4.37. The van der Waals surface area contributed by atoms with E-state index in [1.807, 2.05) is 6.07 Å². The molecule has 0 spiro atoms. The Hall–Kier alpha value is -2.25. The molecule has 3 amide bonds. The summed E-state index contributed by atoms with van der Waals surface area (Å²) < 4.78 is 36.1. The molecule has 1 heterocycles. The average Bonchev–Trinajstić information content (AvgIpc) is 2.43. The topological polar surface area (TPSA) is 70.2 Å². The number of anilines is 1. The molecule has 1 aromatic rings. The number of alkyl halides is 3. The Kier molecular flexibility index (Phi) is 4.58. The van der Waals surface area contributed by atoms with E-state index in [2.05, 4.69) is 10.6 Å². The number of rotatable bonds is 3. The molecule has 8 heteroatoms. The lowest BCUT2D eigenvalue weighted by atomic mass is 9.98. The number of amides is 3. The monoisotopic (exact) mass is 315 g/mol. The first-order chi connectivity index (χ1) is 10.2. The van der Waals surface area contributed by atoms with Gasteiger partial charge in [0.2, 0.25) is 5.91 Å². The van der Waals surface area contributed by atoms with Crippen LogP contribution in [0.1, 0.15) is 30.5 Å². The molecule has 1 aliphatic heterocycles. The molecule has 120 valence electrons. The first-order valence-corrected chi connectivity index (χ1v) is 6.78. The summed E-state index contributed by atoms with van der Waals surface area (Å²) >= 11 is 0. The Bertz CT molecular complexity index is 587. The lowest BCUT2D eigenvalue weighted by Crippen LogP contribution is -2.41. The predicted octanol–water partition coefficient (Wildman–Crippen LogP) is 2.49. The highest BCUT2D eigenvalue weighted by Crippen LogP contribution is 2.26. The minimum absolute atomic E-state index is 0.0436. The highest BCUT2D eigenvalue weighted by molar-refractivity contribution is 5.93. The molecule has 2 rings (SSSR count). The quantitative estimate of drug-likeness (QED) is 0.802. The zero-order valence-corrected chi connectivity index (χ0v) is 11.9. The molecular weight excluding hydrogens is 299 g/mol. The number of carbonyl (C=O) groups is 2. The minimum Gasteiger partial charge on any atom is -0.332 e. The second kappa shape index (κ2) is 6.25. The molecule has 0 radical (unpaired) electrons. The minimum atomic E-state index is -4.44. The molecule has 3 N–H and O–H groups in total. The molecule has 0 aromatic heterocycles. The van der Waals surface area contributed by atoms with E-state index in [-0.39, 0.29) is 5.91 Å². The number of hydrogen-bond acceptors (Lipinski definition) is 2. The third-order valence-electron chi connectivity index (χ3n) is 3.32. The summed E-state index contributed by atoms with van der Waals surface area (Å²) in [5.41, 5.74) is 2.44. The summed E-state index contributed by atoms with van der Waals surface area (Å²) in [6, 6.07) is 3.96. The first kappa shape index (κ1) is 16.1. The normalized spacial score (nSPS) is 15.5. The van der Waals surface area contributed by atoms with Crippen LogP contribution < -0.4 is 16.0 Å². The van der Waals surface area contributed by atoms with E-state index in [1.165, 1.54) is 0 Å². The fourth-order valence-corrected chi connectivity index (χ4v) is 2.18. The SMILES string of the molecule is C[C@H](NC(=O)NCC(F)(F)F)c1ccc2c(c1)CCC(=O)N2. The molecule has 0 bridgehead atoms. The van der Waals surface area contributed by atoms with Gasteiger partial charge in [0.1, 0.15) is 6.54 Å². The van der Waals surface area contributed by atoms with Crippen LogP contribution in [0.2, 0.25) is 0 Å². The zero-order valence-electron chi connectivity index (χ0n) is 11.9. The van der Waals surface area contributed by atoms with Gasteiger partial charge in [0.05, 0.1) is 6.04 Å². The van der Waals surface area contributed by atoms with Crippen molar-refractivity contribution < 1.29 is 22.8 Å². The lowest BCUT2D eigenvalue weighted by molar-refractivity contribution is -0.122. The fraction of sp³-hybridized carbons (Fsp3) is 0.429. The van der Waals surface area contributed by atoms with Crippen LogP contribution in [0, 0.1) is 0 Å². The average molecular weight is 315 g/mol. The van der Waals surface area contributed by atoms with E-state index in [0.717, 1.165) is 16.8 Å². The summed E-state index contributed by atoms with van der Waals surface area (Å²) in [7, 11) is 0. The number of aryl methyl sites for hydroxylation is 1. The second-order valence-corrected chi connectivity index (χ2v) is 5.13. The van der Waals surface area contributed by atoms with Crippen molar-refractivity contribution in [2.45, 2.75) is 32.0 Å². The van der Waals surface area contributed by atoms with Crippen molar-refractivity contribution in [2.75, 3.05) is 11.9 Å². The van der Waals surface area contributed by atoms with Gasteiger partial charge in [-0.05, 0) is 30.5 Å². The maximum atomic E-state index is 12.0. The van der Waals surface area contributed by atoms with Gasteiger partial charge >= 0.3 is 12.2 Å². The smallest absolute Gasteiger partial charge is 0.332 e. The Balaban J connectivity index is 1.97. The van der Waals surface area contributed by atoms with Crippen molar-refractivity contribution in [3.8, 4) is 0 Å². The number of hydrogen-bond donors (Lipinski definition) is 3. The molecule has 0 aliphatic carbocycles. The summed E-state index contributed by atoms with van der Waals surface area (Å²) in [6.07, 6.45) is -3.45. The van der Waals surface area contributed by atoms with Crippen LogP contribution in [0.25, 0.3) is 0 Å². The standard InChI is InChI=1S/C14H16F3N3O2/c1-8(19-13(22)18-7-14(15,16)17)9-2-4-11-10(6-9)3-5-12(21)20-11/h2,4,6,8H,3,5,7H2,1H3,(H,20,21)(H2,18,19,22)/t8-/m0/s1. The molecule has 1 atom stereocenters. The van der Waals surface area contributed by atoms with Gasteiger partial charge in [0.15, 0.2) is 0 Å². The van der Waals surface area contributed by atoms with Crippen LogP contribution in [0.4, 0.5) is 23.7 Å². The van der Waals surface area contributed by atoms with Gasteiger partial charge < -0.3 is 16.0 Å². The van der Waals surface area contributed by atoms with Gasteiger partial charge in [-0.3, -0.25) is 4.79 Å². The molecule has 0 fully saturated rings. The summed E-state index contributed by atoms with van der Waals surface area (Å²) in [6.45, 7) is 0.304. The Labute approximate surface area is 125 Å². The Morgan fingerprint density at radius 3 is 2.77 bits per heavy atom. The van der Waals surface area contributed by atoms with Gasteiger partial charge in [0.25, 0.3) is 0 Å². The highest BCUT2D eigenvalue weighted by atomic mass is 19.4. The summed E-state index contributed by atoms with van der Waals surface area (Å²) in [5, 5.41) is 6.95. The van der Waals surface area contributed by atoms with Crippen molar-refractivity contribution in [3.63, 3.8) is 0 Å². The number of halogens is 3. The molecule has 5 nitrogen and oxygen atoms in total. The zero-order chi connectivity index (χ0) is 16.3. The highest BCUT2D eigenvalue weighted by Gasteiger charge is 2.28. The van der Waals surface area contributed by atoms with Crippen LogP contribution >= 0.6 is 0 Å². The van der Waals surface area contributed by atoms with Crippen molar-refractivity contribution >= 4 is 17.6 Å². The van der Waals surface area contributed by atoms with Crippen molar-refractivity contribution in [1.29, 1.82) is 0 Å². The number of carbonyl (C=O) groups excluding carboxylic acids is 2. The predicted molar refractivity (Wildman–Crippen MR) is 74.4 cm³/mol. The van der Waals surface area contributed by atoms with Crippen LogP contribution in [0.5, 0.6) is 0 Å². The van der Waals surface area contributed by atoms with Gasteiger partial charge in [-0.25, -0.2) is 4.79 Å². The van der Waals surface area contributed by atoms with E-state index < -0.39 is 24.8 Å². The molecule has 0 saturated heterocycles. The molecular formula is C14H16F3N3O2. The maximum absolute atomic E-state index is 12.0. The van der Waals surface area contributed by atoms with E-state index in [1.54, 1.807) is 24.4 Å². The van der Waals surface area contributed by atoms with Gasteiger partial charge in [-0.1, -0.05) is 12.1 Å². The number of urea groups is 1. The van der Waals surface area contributed by atoms with Gasteiger partial charge in [-0.15, -0.1) is 0 Å². The third-order valence-corrected chi connectivity index (χ3v) is 3.32. The van der Waals surface area contributed by atoms with Crippen LogP contribution in [-0.4, -0.2) is 24.7 Å². The van der Waals surface area contributed by atoms with Gasteiger partial charge in [-0.2, -0.15) is 13.2 Å². The van der Waals surface area contributed by atoms with E-state index >= 15 is 0 Å². The number of nitrogens with one attached hydrogen (secondary N) is 3. The van der Waals surface area contributed by atoms with Crippen LogP contribution in [0.15, 0.2) is 18.2 Å². The fourth-order valence-electron chi connectivity index (χ4n) is 2.18. The number of benzene rings is 1. The van der Waals surface area contributed by atoms with Crippen LogP contribution in [0.3, 0.4) is 0 Å². The van der Waals surface area contributed by atoms with Crippen molar-refractivity contribution in [3.05, 3.63) is 29.3 Å². The van der Waals surface area contributed by atoms with Crippen molar-refractivity contribution in [1.82, 2.24) is 10.6 Å². The molecule has 0 saturated carbocycles. The Morgan fingerprint density at radius 1 is 1.36 bits per heavy atom. The van der Waals surface area contributed by atoms with Crippen molar-refractivity contribution in [2.24, 2.45) is 0 Å². The summed E-state index contributed by atoms with van der Waals surface area (Å²) in [5.74, 6) is -0.0436. The lowest BCUT2D eigenvalue weighted by Gasteiger charge is -2.20. The van der Waals surface area contributed by atoms with Crippen LogP contribution in [-0.2, 0) is 11.2 Å². The van der Waals surface area contributed by atoms with E-state index in [4.69, 9.17) is 0 Å².